The quantitative estimate of drug-likeness (QED) is 0.150. The molecule has 0 bridgehead atoms. The van der Waals surface area contributed by atoms with E-state index in [4.69, 9.17) is 5.73 Å². The van der Waals surface area contributed by atoms with Crippen LogP contribution in [0.15, 0.2) is 106 Å². The maximum atomic E-state index is 11.9. The first-order valence-electron chi connectivity index (χ1n) is 10.1. The van der Waals surface area contributed by atoms with Crippen LogP contribution >= 0.6 is 0 Å². The molecule has 0 amide bonds. The average molecular weight is 479 g/mol. The van der Waals surface area contributed by atoms with Gasteiger partial charge in [0.1, 0.15) is 10.6 Å². The summed E-state index contributed by atoms with van der Waals surface area (Å²) in [6, 6.07) is 25.3. The predicted octanol–water partition coefficient (Wildman–Crippen LogP) is 5.65. The number of rotatable bonds is 4. The minimum atomic E-state index is -4.47. The van der Waals surface area contributed by atoms with Gasteiger partial charge in [-0.2, -0.15) is 13.5 Å². The van der Waals surface area contributed by atoms with Gasteiger partial charge < -0.3 is 5.73 Å². The summed E-state index contributed by atoms with van der Waals surface area (Å²) in [5.74, 6) is 0. The second-order valence-electron chi connectivity index (χ2n) is 7.46. The van der Waals surface area contributed by atoms with Crippen LogP contribution in [0.2, 0.25) is 0 Å². The van der Waals surface area contributed by atoms with E-state index in [1.807, 2.05) is 42.5 Å². The van der Waals surface area contributed by atoms with E-state index in [1.165, 1.54) is 6.07 Å². The first-order chi connectivity index (χ1) is 15.9. The van der Waals surface area contributed by atoms with E-state index in [9.17, 15) is 13.0 Å². The molecule has 5 aromatic rings. The number of nitrogen functional groups attached to an aromatic ring is 1. The third kappa shape index (κ3) is 4.59. The second-order valence-corrected chi connectivity index (χ2v) is 8.85. The first kappa shape index (κ1) is 24.0. The van der Waals surface area contributed by atoms with Crippen LogP contribution < -0.4 is 5.73 Å². The summed E-state index contributed by atoms with van der Waals surface area (Å²) < 4.78 is 33.4. The van der Waals surface area contributed by atoms with Crippen molar-refractivity contribution in [3.05, 3.63) is 91.1 Å². The van der Waals surface area contributed by atoms with Crippen LogP contribution in [0.3, 0.4) is 0 Å². The van der Waals surface area contributed by atoms with Crippen LogP contribution in [0, 0.1) is 0 Å². The van der Waals surface area contributed by atoms with Crippen molar-refractivity contribution < 1.29 is 13.0 Å². The Hall–Kier alpha value is -3.14. The Labute approximate surface area is 218 Å². The van der Waals surface area contributed by atoms with E-state index in [0.29, 0.717) is 16.5 Å². The number of hydrogen-bond donors (Lipinski definition) is 2. The molecule has 1 aromatic heterocycles. The van der Waals surface area contributed by atoms with Gasteiger partial charge in [0.25, 0.3) is 10.1 Å². The number of fused-ring (bicyclic) bond motifs is 2. The first-order valence-corrected chi connectivity index (χ1v) is 11.5. The topological polar surface area (TPSA) is 118 Å². The number of anilines is 1. The number of pyridine rings is 1. The van der Waals surface area contributed by atoms with Crippen LogP contribution in [-0.2, 0) is 10.1 Å². The molecule has 0 aliphatic carbocycles. The summed E-state index contributed by atoms with van der Waals surface area (Å²) in [4.78, 5) is 4.26. The Balaban J connectivity index is 0.00000274. The standard InChI is InChI=1S/C25H18N4O3S.Na.H/c26-24-21-8-4-3-7-20(21)23(33(30,31)32)15-22(24)29-28-18-11-9-17(10-12-18)25-19-6-2-1-5-16(19)13-14-27-25;;/h1-15H,26H2,(H,30,31,32);;/b29-28+;;. The summed E-state index contributed by atoms with van der Waals surface area (Å²) in [6.07, 6.45) is 1.78. The zero-order chi connectivity index (χ0) is 23.0. The molecule has 0 fully saturated rings. The SMILES string of the molecule is Nc1c(/N=N/c2ccc(-c3nccc4ccccc34)cc2)cc(S(=O)(=O)O)c2ccccc12.[NaH]. The normalized spacial score (nSPS) is 11.7. The fourth-order valence-electron chi connectivity index (χ4n) is 3.79. The van der Waals surface area contributed by atoms with E-state index in [2.05, 4.69) is 15.2 Å². The van der Waals surface area contributed by atoms with E-state index in [-0.39, 0.29) is 45.8 Å². The molecule has 3 N–H and O–H groups in total. The Kier molecular flexibility index (Phi) is 6.79. The molecule has 0 aliphatic rings. The monoisotopic (exact) mass is 478 g/mol. The molecule has 0 radical (unpaired) electrons. The summed E-state index contributed by atoms with van der Waals surface area (Å²) in [5.41, 5.74) is 9.00. The second kappa shape index (κ2) is 9.61. The summed E-state index contributed by atoms with van der Waals surface area (Å²) in [5, 5.41) is 11.3. The van der Waals surface area contributed by atoms with Gasteiger partial charge in [0.05, 0.1) is 17.1 Å². The third-order valence-corrected chi connectivity index (χ3v) is 6.29. The molecule has 0 saturated carbocycles. The molecule has 0 unspecified atom stereocenters. The van der Waals surface area contributed by atoms with Crippen LogP contribution in [0.4, 0.5) is 17.1 Å². The minimum absolute atomic E-state index is 0. The molecule has 0 saturated heterocycles. The zero-order valence-corrected chi connectivity index (χ0v) is 18.1. The van der Waals surface area contributed by atoms with E-state index >= 15 is 0 Å². The van der Waals surface area contributed by atoms with Crippen LogP contribution in [0.25, 0.3) is 32.8 Å². The van der Waals surface area contributed by atoms with Crippen molar-refractivity contribution in [2.45, 2.75) is 4.90 Å². The van der Waals surface area contributed by atoms with Gasteiger partial charge in [0.2, 0.25) is 0 Å². The molecular formula is C25H19N4NaO3S. The molecule has 9 heteroatoms. The summed E-state index contributed by atoms with van der Waals surface area (Å²) in [7, 11) is -4.47. The molecule has 0 spiro atoms. The Bertz CT molecular complexity index is 1650. The Morgan fingerprint density at radius 3 is 2.15 bits per heavy atom. The van der Waals surface area contributed by atoms with E-state index in [1.54, 1.807) is 42.6 Å². The molecule has 4 aromatic carbocycles. The van der Waals surface area contributed by atoms with Crippen molar-refractivity contribution in [1.29, 1.82) is 0 Å². The van der Waals surface area contributed by atoms with Crippen LogP contribution in [0.1, 0.15) is 0 Å². The fraction of sp³-hybridized carbons (Fsp3) is 0. The molecule has 1 heterocycles. The number of hydrogen-bond acceptors (Lipinski definition) is 6. The number of aromatic nitrogens is 1. The predicted molar refractivity (Wildman–Crippen MR) is 137 cm³/mol. The molecule has 7 nitrogen and oxygen atoms in total. The van der Waals surface area contributed by atoms with Crippen molar-refractivity contribution in [3.8, 4) is 11.3 Å². The van der Waals surface area contributed by atoms with Gasteiger partial charge >= 0.3 is 29.6 Å². The van der Waals surface area contributed by atoms with Crippen molar-refractivity contribution in [2.24, 2.45) is 10.2 Å². The van der Waals surface area contributed by atoms with Crippen LogP contribution in [0.5, 0.6) is 0 Å². The van der Waals surface area contributed by atoms with Gasteiger partial charge in [-0.15, -0.1) is 5.11 Å². The van der Waals surface area contributed by atoms with Crippen molar-refractivity contribution in [3.63, 3.8) is 0 Å². The molecule has 164 valence electrons. The molecular weight excluding hydrogens is 459 g/mol. The van der Waals surface area contributed by atoms with Crippen molar-refractivity contribution in [2.75, 3.05) is 5.73 Å². The fourth-order valence-corrected chi connectivity index (χ4v) is 4.51. The van der Waals surface area contributed by atoms with Gasteiger partial charge in [0, 0.05) is 27.9 Å². The van der Waals surface area contributed by atoms with Gasteiger partial charge in [-0.25, -0.2) is 0 Å². The number of nitrogens with two attached hydrogens (primary N) is 1. The average Bonchev–Trinajstić information content (AvgIpc) is 2.83. The Morgan fingerprint density at radius 2 is 1.44 bits per heavy atom. The van der Waals surface area contributed by atoms with E-state index in [0.717, 1.165) is 22.0 Å². The summed E-state index contributed by atoms with van der Waals surface area (Å²) >= 11 is 0. The third-order valence-electron chi connectivity index (χ3n) is 5.39. The van der Waals surface area contributed by atoms with Crippen LogP contribution in [-0.4, -0.2) is 47.5 Å². The molecule has 0 atom stereocenters. The van der Waals surface area contributed by atoms with Gasteiger partial charge in [-0.3, -0.25) is 9.54 Å². The Morgan fingerprint density at radius 1 is 0.794 bits per heavy atom. The number of nitrogens with zero attached hydrogens (tertiary/aromatic N) is 3. The van der Waals surface area contributed by atoms with Gasteiger partial charge in [-0.05, 0) is 29.7 Å². The number of benzene rings is 4. The molecule has 5 rings (SSSR count). The molecule has 0 aliphatic heterocycles. The number of azo groups is 1. The summed E-state index contributed by atoms with van der Waals surface area (Å²) in [6.45, 7) is 0. The van der Waals surface area contributed by atoms with E-state index < -0.39 is 10.1 Å². The van der Waals surface area contributed by atoms with Gasteiger partial charge in [-0.1, -0.05) is 60.7 Å². The van der Waals surface area contributed by atoms with Crippen molar-refractivity contribution >= 4 is 78.3 Å². The zero-order valence-electron chi connectivity index (χ0n) is 17.3. The van der Waals surface area contributed by atoms with Gasteiger partial charge in [0.15, 0.2) is 0 Å². The maximum absolute atomic E-state index is 11.9. The molecule has 34 heavy (non-hydrogen) atoms. The van der Waals surface area contributed by atoms with Crippen molar-refractivity contribution in [1.82, 2.24) is 4.98 Å².